The second kappa shape index (κ2) is 11.9. The summed E-state index contributed by atoms with van der Waals surface area (Å²) in [5.74, 6) is -1.20. The van der Waals surface area contributed by atoms with Crippen molar-refractivity contribution in [2.24, 2.45) is 0 Å². The summed E-state index contributed by atoms with van der Waals surface area (Å²) in [7, 11) is 4.29. The molecule has 1 heterocycles. The van der Waals surface area contributed by atoms with Crippen LogP contribution in [0.25, 0.3) is 5.76 Å². The molecule has 1 unspecified atom stereocenters. The number of nitrogens with zero attached hydrogens (tertiary/aromatic N) is 1. The second-order valence-electron chi connectivity index (χ2n) is 8.33. The highest BCUT2D eigenvalue weighted by atomic mass is 35.5. The summed E-state index contributed by atoms with van der Waals surface area (Å²) < 4.78 is 21.5. The van der Waals surface area contributed by atoms with E-state index < -0.39 is 23.5 Å². The summed E-state index contributed by atoms with van der Waals surface area (Å²) in [5.41, 5.74) is 0.574. The number of carbonyl (C=O) groups is 2. The van der Waals surface area contributed by atoms with Crippen molar-refractivity contribution in [3.8, 4) is 17.2 Å². The van der Waals surface area contributed by atoms with Gasteiger partial charge < -0.3 is 29.0 Å². The van der Waals surface area contributed by atoms with E-state index in [1.807, 2.05) is 13.8 Å². The first-order valence-corrected chi connectivity index (χ1v) is 12.1. The van der Waals surface area contributed by atoms with E-state index in [-0.39, 0.29) is 45.3 Å². The fraction of sp³-hybridized carbons (Fsp3) is 0.385. The molecule has 194 valence electrons. The number of aliphatic hydroxyl groups excluding tert-OH is 1. The minimum atomic E-state index is -0.862. The number of likely N-dealkylation sites (tertiary alicyclic amines) is 1. The van der Waals surface area contributed by atoms with Gasteiger partial charge in [0.1, 0.15) is 16.5 Å². The Hall–Kier alpha value is -2.94. The fourth-order valence-electron chi connectivity index (χ4n) is 4.09. The molecule has 0 spiro atoms. The Morgan fingerprint density at radius 2 is 1.67 bits per heavy atom. The Morgan fingerprint density at radius 3 is 2.22 bits per heavy atom. The van der Waals surface area contributed by atoms with Crippen LogP contribution in [0.1, 0.15) is 37.4 Å². The predicted molar refractivity (Wildman–Crippen MR) is 137 cm³/mol. The highest BCUT2D eigenvalue weighted by molar-refractivity contribution is 6.47. The van der Waals surface area contributed by atoms with Gasteiger partial charge in [-0.25, -0.2) is 0 Å². The first-order chi connectivity index (χ1) is 17.2. The molecule has 1 aliphatic rings. The lowest BCUT2D eigenvalue weighted by atomic mass is 9.94. The number of methoxy groups -OCH3 is 3. The maximum atomic E-state index is 13.3. The van der Waals surface area contributed by atoms with Crippen molar-refractivity contribution in [2.45, 2.75) is 32.4 Å². The molecule has 10 heteroatoms. The van der Waals surface area contributed by atoms with Gasteiger partial charge in [0.25, 0.3) is 11.7 Å². The van der Waals surface area contributed by atoms with E-state index in [0.717, 1.165) is 0 Å². The molecular formula is C26H29Cl2NO7. The number of carbonyl (C=O) groups excluding carboxylic acids is 2. The lowest BCUT2D eigenvalue weighted by Crippen LogP contribution is -2.31. The largest absolute Gasteiger partial charge is 0.507 e. The molecule has 0 bridgehead atoms. The Balaban J connectivity index is 2.17. The van der Waals surface area contributed by atoms with E-state index in [4.69, 9.17) is 42.1 Å². The molecule has 0 radical (unpaired) electrons. The first kappa shape index (κ1) is 27.6. The number of ether oxygens (including phenoxy) is 4. The fourth-order valence-corrected chi connectivity index (χ4v) is 4.78. The SMILES string of the molecule is COc1ccc(C2/C(=C(\O)c3cc(Cl)c(OC)c(Cl)c3OC)C(=O)C(=O)N2CCCOC(C)C)cc1. The molecule has 1 saturated heterocycles. The maximum Gasteiger partial charge on any atom is 0.295 e. The van der Waals surface area contributed by atoms with Crippen LogP contribution in [0.5, 0.6) is 17.2 Å². The van der Waals surface area contributed by atoms with Crippen LogP contribution < -0.4 is 14.2 Å². The molecule has 0 aliphatic carbocycles. The van der Waals surface area contributed by atoms with Gasteiger partial charge in [-0.1, -0.05) is 35.3 Å². The van der Waals surface area contributed by atoms with E-state index in [1.165, 1.54) is 25.2 Å². The molecule has 8 nitrogen and oxygen atoms in total. The lowest BCUT2D eigenvalue weighted by molar-refractivity contribution is -0.140. The average molecular weight is 538 g/mol. The van der Waals surface area contributed by atoms with Crippen molar-refractivity contribution >= 4 is 40.7 Å². The van der Waals surface area contributed by atoms with Crippen LogP contribution in [0.15, 0.2) is 35.9 Å². The Bertz CT molecular complexity index is 1160. The standard InChI is InChI=1S/C26H29Cl2NO7/c1-14(2)36-12-6-11-29-21(15-7-9-16(33-3)10-8-15)19(23(31)26(29)32)22(30)17-13-18(27)25(35-5)20(28)24(17)34-4/h7-10,13-14,21,30H,6,11-12H2,1-5H3/b22-19+. The van der Waals surface area contributed by atoms with Gasteiger partial charge in [-0.3, -0.25) is 9.59 Å². The number of halogens is 2. The molecular weight excluding hydrogens is 509 g/mol. The topological polar surface area (TPSA) is 94.5 Å². The zero-order chi connectivity index (χ0) is 26.6. The summed E-state index contributed by atoms with van der Waals surface area (Å²) in [4.78, 5) is 27.8. The van der Waals surface area contributed by atoms with Crippen molar-refractivity contribution in [1.82, 2.24) is 4.90 Å². The van der Waals surface area contributed by atoms with E-state index in [9.17, 15) is 14.7 Å². The third kappa shape index (κ3) is 5.40. The van der Waals surface area contributed by atoms with Crippen LogP contribution in [-0.4, -0.2) is 62.3 Å². The second-order valence-corrected chi connectivity index (χ2v) is 9.11. The molecule has 1 atom stereocenters. The number of aliphatic hydroxyl groups is 1. The third-order valence-corrected chi connectivity index (χ3v) is 6.38. The molecule has 36 heavy (non-hydrogen) atoms. The number of hydrogen-bond donors (Lipinski definition) is 1. The highest BCUT2D eigenvalue weighted by Gasteiger charge is 2.46. The van der Waals surface area contributed by atoms with Crippen molar-refractivity contribution < 1.29 is 33.6 Å². The smallest absolute Gasteiger partial charge is 0.295 e. The van der Waals surface area contributed by atoms with Crippen LogP contribution in [0, 0.1) is 0 Å². The molecule has 1 amide bonds. The molecule has 2 aromatic carbocycles. The maximum absolute atomic E-state index is 13.3. The van der Waals surface area contributed by atoms with Gasteiger partial charge in [0.05, 0.1) is 49.6 Å². The Kier molecular flexibility index (Phi) is 9.11. The number of ketones is 1. The van der Waals surface area contributed by atoms with Gasteiger partial charge in [-0.2, -0.15) is 0 Å². The quantitative estimate of drug-likeness (QED) is 0.191. The van der Waals surface area contributed by atoms with E-state index in [2.05, 4.69) is 0 Å². The summed E-state index contributed by atoms with van der Waals surface area (Å²) in [6, 6.07) is 7.45. The summed E-state index contributed by atoms with van der Waals surface area (Å²) >= 11 is 12.7. The lowest BCUT2D eigenvalue weighted by Gasteiger charge is -2.26. The molecule has 1 aliphatic heterocycles. The van der Waals surface area contributed by atoms with Crippen molar-refractivity contribution in [3.05, 3.63) is 57.1 Å². The number of amides is 1. The van der Waals surface area contributed by atoms with E-state index >= 15 is 0 Å². The minimum absolute atomic E-state index is 0.0233. The highest BCUT2D eigenvalue weighted by Crippen LogP contribution is 2.47. The minimum Gasteiger partial charge on any atom is -0.507 e. The molecule has 0 saturated carbocycles. The predicted octanol–water partition coefficient (Wildman–Crippen LogP) is 5.26. The van der Waals surface area contributed by atoms with Gasteiger partial charge in [0.15, 0.2) is 11.5 Å². The summed E-state index contributed by atoms with van der Waals surface area (Å²) in [5, 5.41) is 11.5. The van der Waals surface area contributed by atoms with Gasteiger partial charge in [0, 0.05) is 13.2 Å². The van der Waals surface area contributed by atoms with Gasteiger partial charge in [-0.05, 0) is 44.0 Å². The molecule has 1 N–H and O–H groups in total. The number of hydrogen-bond acceptors (Lipinski definition) is 7. The van der Waals surface area contributed by atoms with Crippen LogP contribution >= 0.6 is 23.2 Å². The van der Waals surface area contributed by atoms with Crippen LogP contribution in [0.2, 0.25) is 10.0 Å². The van der Waals surface area contributed by atoms with Gasteiger partial charge in [0.2, 0.25) is 0 Å². The third-order valence-electron chi connectivity index (χ3n) is 5.76. The van der Waals surface area contributed by atoms with Crippen molar-refractivity contribution in [3.63, 3.8) is 0 Å². The monoisotopic (exact) mass is 537 g/mol. The summed E-state index contributed by atoms with van der Waals surface area (Å²) in [6.07, 6.45) is 0.538. The van der Waals surface area contributed by atoms with Gasteiger partial charge >= 0.3 is 0 Å². The van der Waals surface area contributed by atoms with Crippen LogP contribution in [0.3, 0.4) is 0 Å². The van der Waals surface area contributed by atoms with Gasteiger partial charge in [-0.15, -0.1) is 0 Å². The normalized spacial score (nSPS) is 17.1. The van der Waals surface area contributed by atoms with Crippen LogP contribution in [0.4, 0.5) is 0 Å². The number of benzene rings is 2. The average Bonchev–Trinajstić information content (AvgIpc) is 3.11. The molecule has 2 aromatic rings. The first-order valence-electron chi connectivity index (χ1n) is 11.3. The van der Waals surface area contributed by atoms with Crippen LogP contribution in [-0.2, 0) is 14.3 Å². The zero-order valence-corrected chi connectivity index (χ0v) is 22.3. The van der Waals surface area contributed by atoms with Crippen molar-refractivity contribution in [2.75, 3.05) is 34.5 Å². The Labute approximate surface area is 220 Å². The summed E-state index contributed by atoms with van der Waals surface area (Å²) in [6.45, 7) is 4.49. The number of Topliss-reactive ketones (excluding diaryl/α,β-unsaturated/α-hetero) is 1. The van der Waals surface area contributed by atoms with Crippen molar-refractivity contribution in [1.29, 1.82) is 0 Å². The molecule has 0 aromatic heterocycles. The molecule has 1 fully saturated rings. The number of rotatable bonds is 10. The van der Waals surface area contributed by atoms with E-state index in [1.54, 1.807) is 31.4 Å². The Morgan fingerprint density at radius 1 is 1.03 bits per heavy atom. The zero-order valence-electron chi connectivity index (χ0n) is 20.8. The van der Waals surface area contributed by atoms with E-state index in [0.29, 0.717) is 24.3 Å². The molecule has 3 rings (SSSR count).